The Morgan fingerprint density at radius 3 is 2.44 bits per heavy atom. The van der Waals surface area contributed by atoms with Gasteiger partial charge in [-0.15, -0.1) is 0 Å². The summed E-state index contributed by atoms with van der Waals surface area (Å²) in [5, 5.41) is 9.21. The molecule has 1 heterocycles. The lowest BCUT2D eigenvalue weighted by Crippen LogP contribution is -2.63. The van der Waals surface area contributed by atoms with Gasteiger partial charge in [0.2, 0.25) is 0 Å². The van der Waals surface area contributed by atoms with Crippen molar-refractivity contribution >= 4 is 12.1 Å². The number of rotatable bonds is 2. The first kappa shape index (κ1) is 11.2. The van der Waals surface area contributed by atoms with Crippen LogP contribution in [0, 0.1) is 0 Å². The Morgan fingerprint density at radius 1 is 1.38 bits per heavy atom. The van der Waals surface area contributed by atoms with Crippen LogP contribution >= 0.6 is 0 Å². The highest BCUT2D eigenvalue weighted by molar-refractivity contribution is 5.86. The second kappa shape index (κ2) is 4.31. The molecule has 90 valence electrons. The van der Waals surface area contributed by atoms with Crippen molar-refractivity contribution < 1.29 is 19.4 Å². The maximum atomic E-state index is 11.3. The zero-order valence-corrected chi connectivity index (χ0v) is 9.39. The summed E-state index contributed by atoms with van der Waals surface area (Å²) in [7, 11) is 0. The molecule has 1 aliphatic carbocycles. The molecule has 0 unspecified atom stereocenters. The molecule has 2 aliphatic rings. The van der Waals surface area contributed by atoms with Gasteiger partial charge < -0.3 is 9.84 Å². The van der Waals surface area contributed by atoms with Crippen molar-refractivity contribution in [1.29, 1.82) is 0 Å². The average Bonchev–Trinajstić information content (AvgIpc) is 2.26. The van der Waals surface area contributed by atoms with Crippen molar-refractivity contribution in [3.05, 3.63) is 0 Å². The van der Waals surface area contributed by atoms with Crippen molar-refractivity contribution in [2.24, 2.45) is 0 Å². The smallest absolute Gasteiger partial charge is 0.408 e. The van der Waals surface area contributed by atoms with Crippen LogP contribution in [0.5, 0.6) is 0 Å². The molecule has 5 nitrogen and oxygen atoms in total. The summed E-state index contributed by atoms with van der Waals surface area (Å²) in [6.45, 7) is 1.74. The van der Waals surface area contributed by atoms with Gasteiger partial charge in [-0.25, -0.2) is 9.59 Å². The van der Waals surface area contributed by atoms with Crippen LogP contribution in [-0.4, -0.2) is 40.3 Å². The van der Waals surface area contributed by atoms with Crippen molar-refractivity contribution in [2.75, 3.05) is 0 Å². The van der Waals surface area contributed by atoms with E-state index in [4.69, 9.17) is 4.74 Å². The predicted molar refractivity (Wildman–Crippen MR) is 56.1 cm³/mol. The molecule has 2 atom stereocenters. The van der Waals surface area contributed by atoms with Crippen molar-refractivity contribution in [3.8, 4) is 0 Å². The molecule has 1 amide bonds. The van der Waals surface area contributed by atoms with Gasteiger partial charge in [0, 0.05) is 6.04 Å². The van der Waals surface area contributed by atoms with Crippen LogP contribution in [-0.2, 0) is 9.53 Å². The van der Waals surface area contributed by atoms with Crippen molar-refractivity contribution in [2.45, 2.75) is 57.2 Å². The molecule has 5 heteroatoms. The van der Waals surface area contributed by atoms with Gasteiger partial charge in [-0.3, -0.25) is 4.90 Å². The van der Waals surface area contributed by atoms with Crippen LogP contribution in [0.1, 0.15) is 39.0 Å². The van der Waals surface area contributed by atoms with E-state index in [-0.39, 0.29) is 12.1 Å². The third kappa shape index (κ3) is 1.86. The Morgan fingerprint density at radius 2 is 2.00 bits per heavy atom. The number of cyclic esters (lactones) is 1. The normalized spacial score (nSPS) is 30.4. The van der Waals surface area contributed by atoms with E-state index in [0.29, 0.717) is 0 Å². The number of amides is 1. The van der Waals surface area contributed by atoms with E-state index in [1.165, 1.54) is 4.90 Å². The van der Waals surface area contributed by atoms with Gasteiger partial charge in [-0.05, 0) is 19.8 Å². The van der Waals surface area contributed by atoms with Gasteiger partial charge in [0.15, 0.2) is 6.04 Å². The summed E-state index contributed by atoms with van der Waals surface area (Å²) < 4.78 is 4.83. The number of hydrogen-bond donors (Lipinski definition) is 1. The molecule has 1 saturated carbocycles. The number of esters is 1. The van der Waals surface area contributed by atoms with Crippen LogP contribution in [0.25, 0.3) is 0 Å². The lowest BCUT2D eigenvalue weighted by atomic mass is 9.92. The van der Waals surface area contributed by atoms with E-state index >= 15 is 0 Å². The van der Waals surface area contributed by atoms with E-state index in [9.17, 15) is 14.7 Å². The molecule has 1 N–H and O–H groups in total. The molecular weight excluding hydrogens is 210 g/mol. The summed E-state index contributed by atoms with van der Waals surface area (Å²) in [5.74, 6) is -0.402. The average molecular weight is 227 g/mol. The van der Waals surface area contributed by atoms with Gasteiger partial charge in [0.25, 0.3) is 0 Å². The molecule has 0 spiro atoms. The predicted octanol–water partition coefficient (Wildman–Crippen LogP) is 1.61. The zero-order chi connectivity index (χ0) is 11.7. The molecule has 2 rings (SSSR count). The summed E-state index contributed by atoms with van der Waals surface area (Å²) in [6, 6.07) is -0.591. The maximum Gasteiger partial charge on any atom is 0.408 e. The fourth-order valence-electron chi connectivity index (χ4n) is 2.64. The Kier molecular flexibility index (Phi) is 3.03. The number of ether oxygens (including phenoxy) is 1. The number of carbonyl (C=O) groups excluding carboxylic acids is 1. The SMILES string of the molecule is C[C@@H]1OC(=O)[C@@H]1N(C(=O)O)C1CCCCC1. The van der Waals surface area contributed by atoms with Crippen LogP contribution < -0.4 is 0 Å². The quantitative estimate of drug-likeness (QED) is 0.728. The van der Waals surface area contributed by atoms with Gasteiger partial charge in [0.1, 0.15) is 6.10 Å². The number of nitrogens with zero attached hydrogens (tertiary/aromatic N) is 1. The minimum Gasteiger partial charge on any atom is -0.465 e. The monoisotopic (exact) mass is 227 g/mol. The highest BCUT2D eigenvalue weighted by Crippen LogP contribution is 2.29. The number of hydrogen-bond acceptors (Lipinski definition) is 3. The van der Waals surface area contributed by atoms with E-state index in [1.54, 1.807) is 6.92 Å². The lowest BCUT2D eigenvalue weighted by molar-refractivity contribution is -0.185. The molecule has 0 bridgehead atoms. The fourth-order valence-corrected chi connectivity index (χ4v) is 2.64. The molecule has 1 saturated heterocycles. The van der Waals surface area contributed by atoms with E-state index in [2.05, 4.69) is 0 Å². The van der Waals surface area contributed by atoms with Gasteiger partial charge >= 0.3 is 12.1 Å². The fraction of sp³-hybridized carbons (Fsp3) is 0.818. The second-order valence-electron chi connectivity index (χ2n) is 4.57. The molecule has 0 aromatic rings. The van der Waals surface area contributed by atoms with Crippen molar-refractivity contribution in [1.82, 2.24) is 4.90 Å². The minimum absolute atomic E-state index is 0.00782. The Balaban J connectivity index is 2.09. The third-order valence-electron chi connectivity index (χ3n) is 3.48. The zero-order valence-electron chi connectivity index (χ0n) is 9.39. The molecule has 0 aromatic carbocycles. The maximum absolute atomic E-state index is 11.3. The summed E-state index contributed by atoms with van der Waals surface area (Å²) in [5.41, 5.74) is 0. The molecule has 0 aromatic heterocycles. The number of carbonyl (C=O) groups is 2. The summed E-state index contributed by atoms with van der Waals surface area (Å²) in [6.07, 6.45) is 3.68. The topological polar surface area (TPSA) is 66.8 Å². The second-order valence-corrected chi connectivity index (χ2v) is 4.57. The van der Waals surface area contributed by atoms with Crippen LogP contribution in [0.3, 0.4) is 0 Å². The van der Waals surface area contributed by atoms with Crippen LogP contribution in [0.2, 0.25) is 0 Å². The Hall–Kier alpha value is -1.26. The van der Waals surface area contributed by atoms with E-state index in [0.717, 1.165) is 32.1 Å². The van der Waals surface area contributed by atoms with Gasteiger partial charge in [-0.2, -0.15) is 0 Å². The molecule has 2 fully saturated rings. The largest absolute Gasteiger partial charge is 0.465 e. The summed E-state index contributed by atoms with van der Waals surface area (Å²) in [4.78, 5) is 23.9. The first-order valence-corrected chi connectivity index (χ1v) is 5.83. The number of carboxylic acid groups (broad SMARTS) is 1. The van der Waals surface area contributed by atoms with Crippen LogP contribution in [0.15, 0.2) is 0 Å². The highest BCUT2D eigenvalue weighted by Gasteiger charge is 2.48. The Labute approximate surface area is 94.4 Å². The Bertz CT molecular complexity index is 298. The van der Waals surface area contributed by atoms with Gasteiger partial charge in [0.05, 0.1) is 0 Å². The highest BCUT2D eigenvalue weighted by atomic mass is 16.6. The van der Waals surface area contributed by atoms with E-state index < -0.39 is 18.1 Å². The standard InChI is InChI=1S/C11H17NO4/c1-7-9(10(13)16-7)12(11(14)15)8-5-3-2-4-6-8/h7-9H,2-6H2,1H3,(H,14,15)/t7-,9+/m0/s1. The van der Waals surface area contributed by atoms with Crippen molar-refractivity contribution in [3.63, 3.8) is 0 Å². The lowest BCUT2D eigenvalue weighted by Gasteiger charge is -2.43. The molecule has 16 heavy (non-hydrogen) atoms. The first-order valence-electron chi connectivity index (χ1n) is 5.83. The molecule has 0 radical (unpaired) electrons. The molecular formula is C11H17NO4. The van der Waals surface area contributed by atoms with Crippen LogP contribution in [0.4, 0.5) is 4.79 Å². The third-order valence-corrected chi connectivity index (χ3v) is 3.48. The first-order chi connectivity index (χ1) is 7.61. The van der Waals surface area contributed by atoms with Gasteiger partial charge in [-0.1, -0.05) is 19.3 Å². The van der Waals surface area contributed by atoms with E-state index in [1.807, 2.05) is 0 Å². The summed E-state index contributed by atoms with van der Waals surface area (Å²) >= 11 is 0. The minimum atomic E-state index is -1.000. The molecule has 1 aliphatic heterocycles.